The summed E-state index contributed by atoms with van der Waals surface area (Å²) in [6, 6.07) is 2.54. The molecule has 1 aromatic rings. The second-order valence-electron chi connectivity index (χ2n) is 5.15. The molecule has 0 saturated carbocycles. The number of halogens is 3. The number of rotatable bonds is 8. The van der Waals surface area contributed by atoms with Gasteiger partial charge in [-0.3, -0.25) is 4.79 Å². The van der Waals surface area contributed by atoms with Crippen molar-refractivity contribution in [3.05, 3.63) is 36.8 Å². The molecule has 0 unspecified atom stereocenters. The molecule has 1 atom stereocenters. The maximum atomic E-state index is 11.8. The lowest BCUT2D eigenvalue weighted by Crippen LogP contribution is -2.50. The first-order valence-electron chi connectivity index (χ1n) is 7.15. The van der Waals surface area contributed by atoms with Crippen molar-refractivity contribution in [2.45, 2.75) is 25.4 Å². The molecule has 8 N–H and O–H groups in total. The van der Waals surface area contributed by atoms with Crippen molar-refractivity contribution in [3.8, 4) is 0 Å². The van der Waals surface area contributed by atoms with Gasteiger partial charge in [0.05, 0.1) is 5.69 Å². The van der Waals surface area contributed by atoms with Crippen LogP contribution in [-0.4, -0.2) is 34.4 Å². The highest BCUT2D eigenvalue weighted by Gasteiger charge is 2.27. The molecule has 0 aliphatic heterocycles. The highest BCUT2D eigenvalue weighted by atomic mass is 79.9. The highest BCUT2D eigenvalue weighted by Crippen LogP contribution is 2.30. The smallest absolute Gasteiger partial charge is 0.269 e. The number of guanidine groups is 1. The van der Waals surface area contributed by atoms with Crippen molar-refractivity contribution in [1.29, 1.82) is 0 Å². The van der Waals surface area contributed by atoms with Crippen LogP contribution >= 0.6 is 44.3 Å². The van der Waals surface area contributed by atoms with Crippen LogP contribution in [0.15, 0.2) is 26.2 Å². The standard InChI is InChI=1S/C13H19Br2N7O3.ClH/c14-8-4-7(5-9(15)11(8)17)6-21(13(19)20-22(24)25)10(12(18)23)2-1-3-16;/h4-5,10H,1-3,6,16-17H2,(H2,18,23)(H2,19,20);1H/t10-;/m1./s1. The molecule has 0 heterocycles. The summed E-state index contributed by atoms with van der Waals surface area (Å²) in [5.41, 5.74) is 23.7. The van der Waals surface area contributed by atoms with Gasteiger partial charge in [-0.2, -0.15) is 0 Å². The van der Waals surface area contributed by atoms with Crippen LogP contribution in [0.25, 0.3) is 0 Å². The lowest BCUT2D eigenvalue weighted by atomic mass is 10.1. The number of hydrogen-bond acceptors (Lipinski definition) is 5. The zero-order chi connectivity index (χ0) is 19.1. The minimum absolute atomic E-state index is 0. The summed E-state index contributed by atoms with van der Waals surface area (Å²) in [6.45, 7) is 0.404. The van der Waals surface area contributed by atoms with Crippen LogP contribution in [0.3, 0.4) is 0 Å². The second kappa shape index (κ2) is 11.2. The Labute approximate surface area is 173 Å². The van der Waals surface area contributed by atoms with Crippen LogP contribution in [0.5, 0.6) is 0 Å². The van der Waals surface area contributed by atoms with Crippen molar-refractivity contribution in [1.82, 2.24) is 4.90 Å². The van der Waals surface area contributed by atoms with E-state index in [2.05, 4.69) is 37.0 Å². The summed E-state index contributed by atoms with van der Waals surface area (Å²) in [7, 11) is 0. The van der Waals surface area contributed by atoms with Gasteiger partial charge in [-0.1, -0.05) is 0 Å². The molecule has 0 aliphatic rings. The van der Waals surface area contributed by atoms with E-state index < -0.39 is 22.9 Å². The van der Waals surface area contributed by atoms with Crippen LogP contribution in [0.4, 0.5) is 5.69 Å². The quantitative estimate of drug-likeness (QED) is 0.131. The molecular formula is C13H20Br2ClN7O3. The zero-order valence-corrected chi connectivity index (χ0v) is 17.6. The second-order valence-corrected chi connectivity index (χ2v) is 6.85. The third kappa shape index (κ3) is 6.94. The molecule has 0 aromatic heterocycles. The average Bonchev–Trinajstić information content (AvgIpc) is 2.50. The Hall–Kier alpha value is -1.63. The summed E-state index contributed by atoms with van der Waals surface area (Å²) in [4.78, 5) is 23.8. The minimum atomic E-state index is -0.932. The van der Waals surface area contributed by atoms with Gasteiger partial charge in [0.25, 0.3) is 5.96 Å². The Morgan fingerprint density at radius 1 is 1.31 bits per heavy atom. The first-order chi connectivity index (χ1) is 11.7. The topological polar surface area (TPSA) is 180 Å². The number of nitrogens with two attached hydrogens (primary N) is 4. The van der Waals surface area contributed by atoms with Crippen molar-refractivity contribution in [3.63, 3.8) is 0 Å². The molecule has 0 bridgehead atoms. The van der Waals surface area contributed by atoms with E-state index in [1.807, 2.05) is 0 Å². The molecule has 26 heavy (non-hydrogen) atoms. The van der Waals surface area contributed by atoms with Crippen LogP contribution in [0.1, 0.15) is 18.4 Å². The molecule has 0 saturated heterocycles. The molecule has 0 spiro atoms. The molecule has 10 nitrogen and oxygen atoms in total. The fraction of sp³-hybridized carbons (Fsp3) is 0.385. The van der Waals surface area contributed by atoms with Gasteiger partial charge in [0.1, 0.15) is 11.1 Å². The van der Waals surface area contributed by atoms with Crippen LogP contribution in [0.2, 0.25) is 0 Å². The van der Waals surface area contributed by atoms with Gasteiger partial charge in [-0.05, 0) is 68.9 Å². The van der Waals surface area contributed by atoms with Gasteiger partial charge in [-0.15, -0.1) is 12.4 Å². The first-order valence-corrected chi connectivity index (χ1v) is 8.73. The van der Waals surface area contributed by atoms with E-state index >= 15 is 0 Å². The summed E-state index contributed by atoms with van der Waals surface area (Å²) >= 11 is 6.64. The number of benzene rings is 1. The minimum Gasteiger partial charge on any atom is -0.397 e. The molecular weight excluding hydrogens is 497 g/mol. The van der Waals surface area contributed by atoms with E-state index in [4.69, 9.17) is 22.9 Å². The molecule has 0 aliphatic carbocycles. The molecule has 146 valence electrons. The van der Waals surface area contributed by atoms with Crippen LogP contribution in [0, 0.1) is 10.1 Å². The third-order valence-electron chi connectivity index (χ3n) is 3.36. The molecule has 1 amide bonds. The zero-order valence-electron chi connectivity index (χ0n) is 13.6. The van der Waals surface area contributed by atoms with E-state index in [9.17, 15) is 14.9 Å². The number of hydrogen-bond donors (Lipinski definition) is 4. The maximum Gasteiger partial charge on any atom is 0.269 e. The Morgan fingerprint density at radius 2 is 1.85 bits per heavy atom. The van der Waals surface area contributed by atoms with E-state index in [-0.39, 0.29) is 25.4 Å². The summed E-state index contributed by atoms with van der Waals surface area (Å²) in [6.07, 6.45) is 0.780. The van der Waals surface area contributed by atoms with E-state index in [0.29, 0.717) is 33.2 Å². The maximum absolute atomic E-state index is 11.8. The average molecular weight is 518 g/mol. The van der Waals surface area contributed by atoms with E-state index in [1.165, 1.54) is 4.90 Å². The number of nitro groups is 1. The number of carbonyl (C=O) groups is 1. The fourth-order valence-electron chi connectivity index (χ4n) is 2.18. The largest absolute Gasteiger partial charge is 0.397 e. The van der Waals surface area contributed by atoms with Gasteiger partial charge < -0.3 is 27.8 Å². The number of carbonyl (C=O) groups excluding carboxylic acids is 1. The van der Waals surface area contributed by atoms with Gasteiger partial charge in [0, 0.05) is 15.5 Å². The number of anilines is 1. The fourth-order valence-corrected chi connectivity index (χ4v) is 3.46. The number of hydrazone groups is 1. The monoisotopic (exact) mass is 515 g/mol. The molecule has 0 radical (unpaired) electrons. The number of nitrogens with zero attached hydrogens (tertiary/aromatic N) is 3. The van der Waals surface area contributed by atoms with Gasteiger partial charge in [-0.25, -0.2) is 10.1 Å². The summed E-state index contributed by atoms with van der Waals surface area (Å²) in [5, 5.41) is 12.8. The lowest BCUT2D eigenvalue weighted by Gasteiger charge is -2.29. The first kappa shape index (κ1) is 24.4. The third-order valence-corrected chi connectivity index (χ3v) is 4.67. The Balaban J connectivity index is 0.00000625. The van der Waals surface area contributed by atoms with E-state index in [0.717, 1.165) is 0 Å². The Morgan fingerprint density at radius 3 is 2.27 bits per heavy atom. The number of nitrogen functional groups attached to an aromatic ring is 1. The Bertz CT molecular complexity index is 667. The molecule has 13 heteroatoms. The Kier molecular flexibility index (Phi) is 10.5. The molecule has 1 rings (SSSR count). The van der Waals surface area contributed by atoms with Gasteiger partial charge in [0.2, 0.25) is 5.91 Å². The van der Waals surface area contributed by atoms with Crippen LogP contribution < -0.4 is 22.9 Å². The summed E-state index contributed by atoms with van der Waals surface area (Å²) < 4.78 is 1.25. The van der Waals surface area contributed by atoms with Gasteiger partial charge in [0.15, 0.2) is 5.03 Å². The van der Waals surface area contributed by atoms with Crippen molar-refractivity contribution in [2.75, 3.05) is 12.3 Å². The lowest BCUT2D eigenvalue weighted by molar-refractivity contribution is -0.485. The SMILES string of the molecule is Cl.NCCC[C@H](C(N)=O)N(Cc1cc(Br)c(N)c(Br)c1)C(N)=N[N+](=O)[O-]. The predicted molar refractivity (Wildman–Crippen MR) is 109 cm³/mol. The molecule has 1 aromatic carbocycles. The predicted octanol–water partition coefficient (Wildman–Crippen LogP) is 1.12. The summed E-state index contributed by atoms with van der Waals surface area (Å²) in [5.74, 6) is -1.10. The van der Waals surface area contributed by atoms with Crippen molar-refractivity contribution < 1.29 is 9.83 Å². The number of amides is 1. The molecule has 0 fully saturated rings. The highest BCUT2D eigenvalue weighted by molar-refractivity contribution is 9.11. The van der Waals surface area contributed by atoms with Gasteiger partial charge >= 0.3 is 0 Å². The van der Waals surface area contributed by atoms with Crippen molar-refractivity contribution in [2.24, 2.45) is 22.3 Å². The normalized spacial score (nSPS) is 12.2. The number of primary amides is 1. The van der Waals surface area contributed by atoms with Crippen LogP contribution in [-0.2, 0) is 11.3 Å². The van der Waals surface area contributed by atoms with E-state index in [1.54, 1.807) is 12.1 Å². The van der Waals surface area contributed by atoms with Crippen molar-refractivity contribution >= 4 is 61.8 Å².